The monoisotopic (exact) mass is 581 g/mol. The molecule has 0 saturated carbocycles. The first kappa shape index (κ1) is 29.5. The van der Waals surface area contributed by atoms with Gasteiger partial charge in [0.1, 0.15) is 12.6 Å². The molecule has 2 amide bonds. The van der Waals surface area contributed by atoms with Gasteiger partial charge in [-0.2, -0.15) is 0 Å². The highest BCUT2D eigenvalue weighted by Gasteiger charge is 2.31. The second-order valence-corrected chi connectivity index (χ2v) is 11.5. The van der Waals surface area contributed by atoms with Crippen molar-refractivity contribution in [3.63, 3.8) is 0 Å². The van der Waals surface area contributed by atoms with Crippen LogP contribution in [0.3, 0.4) is 0 Å². The van der Waals surface area contributed by atoms with Crippen molar-refractivity contribution in [3.05, 3.63) is 62.1 Å². The Morgan fingerprint density at radius 2 is 1.69 bits per heavy atom. The van der Waals surface area contributed by atoms with Crippen molar-refractivity contribution >= 4 is 73.9 Å². The van der Waals surface area contributed by atoms with Crippen LogP contribution in [0.2, 0.25) is 20.1 Å². The third-order valence-corrected chi connectivity index (χ3v) is 7.56. The summed E-state index contributed by atoms with van der Waals surface area (Å²) in [5.74, 6) is -0.969. The Morgan fingerprint density at radius 1 is 1.03 bits per heavy atom. The Morgan fingerprint density at radius 3 is 2.29 bits per heavy atom. The molecule has 0 aliphatic carbocycles. The van der Waals surface area contributed by atoms with Crippen molar-refractivity contribution in [1.29, 1.82) is 0 Å². The van der Waals surface area contributed by atoms with Crippen LogP contribution < -0.4 is 9.62 Å². The van der Waals surface area contributed by atoms with Gasteiger partial charge in [0, 0.05) is 18.1 Å². The lowest BCUT2D eigenvalue weighted by Gasteiger charge is -2.31. The Kier molecular flexibility index (Phi) is 11.0. The molecular formula is C23H27Cl4N3O4S. The van der Waals surface area contributed by atoms with Gasteiger partial charge in [0.2, 0.25) is 21.8 Å². The first-order valence-electron chi connectivity index (χ1n) is 10.8. The number of anilines is 1. The molecule has 35 heavy (non-hydrogen) atoms. The van der Waals surface area contributed by atoms with Crippen molar-refractivity contribution in [1.82, 2.24) is 10.2 Å². The smallest absolute Gasteiger partial charge is 0.244 e. The first-order chi connectivity index (χ1) is 16.3. The van der Waals surface area contributed by atoms with Gasteiger partial charge in [0.25, 0.3) is 0 Å². The zero-order valence-electron chi connectivity index (χ0n) is 19.5. The third-order valence-electron chi connectivity index (χ3n) is 5.18. The van der Waals surface area contributed by atoms with E-state index >= 15 is 0 Å². The second kappa shape index (κ2) is 13.0. The SMILES string of the molecule is CCCCNC(=O)C(C)N(Cc1cccc(Cl)c1)C(=O)CN(c1cc(Cl)c(Cl)cc1Cl)S(C)(=O)=O. The summed E-state index contributed by atoms with van der Waals surface area (Å²) >= 11 is 24.4. The maximum atomic E-state index is 13.5. The second-order valence-electron chi connectivity index (χ2n) is 7.96. The lowest BCUT2D eigenvalue weighted by atomic mass is 10.1. The number of nitrogens with zero attached hydrogens (tertiary/aromatic N) is 2. The minimum atomic E-state index is -3.96. The summed E-state index contributed by atoms with van der Waals surface area (Å²) in [5.41, 5.74) is 0.678. The molecule has 0 saturated heterocycles. The van der Waals surface area contributed by atoms with Gasteiger partial charge in [-0.1, -0.05) is 71.9 Å². The Labute approximate surface area is 226 Å². The highest BCUT2D eigenvalue weighted by Crippen LogP contribution is 2.35. The summed E-state index contributed by atoms with van der Waals surface area (Å²) in [6.07, 6.45) is 2.63. The quantitative estimate of drug-likeness (QED) is 0.284. The molecule has 0 bridgehead atoms. The number of amides is 2. The molecular weight excluding hydrogens is 556 g/mol. The molecule has 0 spiro atoms. The van der Waals surface area contributed by atoms with Gasteiger partial charge in [-0.05, 0) is 43.2 Å². The van der Waals surface area contributed by atoms with E-state index in [2.05, 4.69) is 5.32 Å². The van der Waals surface area contributed by atoms with Crippen LogP contribution in [0.15, 0.2) is 36.4 Å². The molecule has 2 aromatic rings. The normalized spacial score (nSPS) is 12.2. The van der Waals surface area contributed by atoms with Gasteiger partial charge in [-0.3, -0.25) is 13.9 Å². The number of halogens is 4. The largest absolute Gasteiger partial charge is 0.354 e. The lowest BCUT2D eigenvalue weighted by Crippen LogP contribution is -2.51. The minimum Gasteiger partial charge on any atom is -0.354 e. The lowest BCUT2D eigenvalue weighted by molar-refractivity contribution is -0.139. The number of carbonyl (C=O) groups is 2. The van der Waals surface area contributed by atoms with Crippen molar-refractivity contribution in [2.24, 2.45) is 0 Å². The Bertz CT molecular complexity index is 1180. The van der Waals surface area contributed by atoms with Crippen LogP contribution in [0, 0.1) is 0 Å². The van der Waals surface area contributed by atoms with Crippen LogP contribution in [-0.2, 0) is 26.2 Å². The van der Waals surface area contributed by atoms with Crippen LogP contribution in [0.1, 0.15) is 32.3 Å². The predicted octanol–water partition coefficient (Wildman–Crippen LogP) is 5.40. The molecule has 0 radical (unpaired) electrons. The fourth-order valence-corrected chi connectivity index (χ4v) is 5.01. The maximum absolute atomic E-state index is 13.5. The van der Waals surface area contributed by atoms with Gasteiger partial charge in [0.05, 0.1) is 27.0 Å². The van der Waals surface area contributed by atoms with E-state index in [-0.39, 0.29) is 33.2 Å². The molecule has 0 heterocycles. The highest BCUT2D eigenvalue weighted by molar-refractivity contribution is 7.92. The highest BCUT2D eigenvalue weighted by atomic mass is 35.5. The van der Waals surface area contributed by atoms with E-state index in [4.69, 9.17) is 46.4 Å². The summed E-state index contributed by atoms with van der Waals surface area (Å²) < 4.78 is 26.1. The van der Waals surface area contributed by atoms with E-state index < -0.39 is 28.5 Å². The zero-order chi connectivity index (χ0) is 26.3. The van der Waals surface area contributed by atoms with Crippen LogP contribution in [0.5, 0.6) is 0 Å². The van der Waals surface area contributed by atoms with E-state index in [9.17, 15) is 18.0 Å². The molecule has 0 fully saturated rings. The minimum absolute atomic E-state index is 0.000303. The zero-order valence-corrected chi connectivity index (χ0v) is 23.4. The van der Waals surface area contributed by atoms with Gasteiger partial charge < -0.3 is 10.2 Å². The van der Waals surface area contributed by atoms with E-state index in [1.165, 1.54) is 17.0 Å². The Hall–Kier alpha value is -1.71. The number of benzene rings is 2. The van der Waals surface area contributed by atoms with Gasteiger partial charge >= 0.3 is 0 Å². The van der Waals surface area contributed by atoms with E-state index in [0.717, 1.165) is 23.4 Å². The van der Waals surface area contributed by atoms with Crippen LogP contribution >= 0.6 is 46.4 Å². The molecule has 2 aromatic carbocycles. The van der Waals surface area contributed by atoms with Gasteiger partial charge in [-0.15, -0.1) is 0 Å². The fourth-order valence-electron chi connectivity index (χ4n) is 3.25. The number of rotatable bonds is 11. The van der Waals surface area contributed by atoms with Crippen molar-refractivity contribution in [2.75, 3.05) is 23.7 Å². The van der Waals surface area contributed by atoms with Gasteiger partial charge in [0.15, 0.2) is 0 Å². The molecule has 1 unspecified atom stereocenters. The summed E-state index contributed by atoms with van der Waals surface area (Å²) in [4.78, 5) is 27.6. The standard InChI is InChI=1S/C23H27Cl4N3O4S/c1-4-5-9-28-23(32)15(2)29(13-16-7-6-8-17(24)10-16)22(31)14-30(35(3,33)34)21-12-19(26)18(25)11-20(21)27/h6-8,10-12,15H,4-5,9,13-14H2,1-3H3,(H,28,32). The summed E-state index contributed by atoms with van der Waals surface area (Å²) in [5, 5.41) is 3.50. The van der Waals surface area contributed by atoms with Crippen molar-refractivity contribution in [3.8, 4) is 0 Å². The van der Waals surface area contributed by atoms with E-state index in [1.807, 2.05) is 6.92 Å². The fraction of sp³-hybridized carbons (Fsp3) is 0.391. The number of hydrogen-bond acceptors (Lipinski definition) is 4. The maximum Gasteiger partial charge on any atom is 0.244 e. The molecule has 192 valence electrons. The van der Waals surface area contributed by atoms with Crippen LogP contribution in [0.4, 0.5) is 5.69 Å². The molecule has 0 aromatic heterocycles. The van der Waals surface area contributed by atoms with Gasteiger partial charge in [-0.25, -0.2) is 8.42 Å². The number of unbranched alkanes of at least 4 members (excludes halogenated alkanes) is 1. The molecule has 2 rings (SSSR count). The predicted molar refractivity (Wildman–Crippen MR) is 143 cm³/mol. The topological polar surface area (TPSA) is 86.8 Å². The van der Waals surface area contributed by atoms with Crippen LogP contribution in [0.25, 0.3) is 0 Å². The van der Waals surface area contributed by atoms with Crippen molar-refractivity contribution in [2.45, 2.75) is 39.3 Å². The number of sulfonamides is 1. The number of carbonyl (C=O) groups excluding carboxylic acids is 2. The third kappa shape index (κ3) is 8.43. The number of hydrogen-bond donors (Lipinski definition) is 1. The average molecular weight is 583 g/mol. The molecule has 1 atom stereocenters. The first-order valence-corrected chi connectivity index (χ1v) is 14.1. The average Bonchev–Trinajstić information content (AvgIpc) is 2.77. The molecule has 0 aliphatic heterocycles. The summed E-state index contributed by atoms with van der Waals surface area (Å²) in [7, 11) is -3.96. The van der Waals surface area contributed by atoms with E-state index in [0.29, 0.717) is 17.1 Å². The molecule has 12 heteroatoms. The van der Waals surface area contributed by atoms with Crippen LogP contribution in [-0.4, -0.2) is 50.5 Å². The summed E-state index contributed by atoms with van der Waals surface area (Å²) in [6, 6.07) is 8.55. The summed E-state index contributed by atoms with van der Waals surface area (Å²) in [6.45, 7) is 3.48. The molecule has 0 aliphatic rings. The Balaban J connectivity index is 2.42. The molecule has 7 nitrogen and oxygen atoms in total. The number of nitrogens with one attached hydrogen (secondary N) is 1. The van der Waals surface area contributed by atoms with Crippen molar-refractivity contribution < 1.29 is 18.0 Å². The molecule has 1 N–H and O–H groups in total. The van der Waals surface area contributed by atoms with E-state index in [1.54, 1.807) is 31.2 Å².